The van der Waals surface area contributed by atoms with Crippen LogP contribution in [-0.4, -0.2) is 43.4 Å². The number of nitrogens with one attached hydrogen (secondary N) is 1. The minimum atomic E-state index is -0.617. The van der Waals surface area contributed by atoms with E-state index in [-0.39, 0.29) is 18.6 Å². The van der Waals surface area contributed by atoms with Gasteiger partial charge in [-0.15, -0.1) is 0 Å². The lowest BCUT2D eigenvalue weighted by Crippen LogP contribution is -2.47. The maximum atomic E-state index is 11.6. The quantitative estimate of drug-likeness (QED) is 0.733. The third-order valence-corrected chi connectivity index (χ3v) is 4.38. The molecule has 0 bridgehead atoms. The Hall–Kier alpha value is -1.15. The van der Waals surface area contributed by atoms with Crippen molar-refractivity contribution in [2.45, 2.75) is 12.1 Å². The lowest BCUT2D eigenvalue weighted by atomic mass is 10.1. The largest absolute Gasteiger partial charge is 0.394 e. The number of hydrogen-bond donors (Lipinski definition) is 3. The summed E-state index contributed by atoms with van der Waals surface area (Å²) in [4.78, 5) is 13.7. The zero-order chi connectivity index (χ0) is 14.3. The van der Waals surface area contributed by atoms with Gasteiger partial charge in [0.1, 0.15) is 6.04 Å². The van der Waals surface area contributed by atoms with Gasteiger partial charge in [0.05, 0.1) is 31.5 Å². The molecule has 20 heavy (non-hydrogen) atoms. The summed E-state index contributed by atoms with van der Waals surface area (Å²) in [5.41, 5.74) is 8.30. The summed E-state index contributed by atoms with van der Waals surface area (Å²) in [7, 11) is 0. The number of benzene rings is 1. The van der Waals surface area contributed by atoms with E-state index >= 15 is 0 Å². The van der Waals surface area contributed by atoms with E-state index in [9.17, 15) is 9.90 Å². The molecule has 0 aliphatic carbocycles. The first-order chi connectivity index (χ1) is 9.61. The Kier molecular flexibility index (Phi) is 3.68. The number of hydrogen-bond acceptors (Lipinski definition) is 5. The van der Waals surface area contributed by atoms with Crippen LogP contribution < -0.4 is 16.0 Å². The molecule has 108 valence electrons. The molecule has 2 heterocycles. The van der Waals surface area contributed by atoms with Gasteiger partial charge in [0.25, 0.3) is 0 Å². The second-order valence-corrected chi connectivity index (χ2v) is 5.82. The first-order valence-corrected chi connectivity index (χ1v) is 7.26. The van der Waals surface area contributed by atoms with Crippen molar-refractivity contribution >= 4 is 33.2 Å². The predicted molar refractivity (Wildman–Crippen MR) is 78.7 cm³/mol. The van der Waals surface area contributed by atoms with Gasteiger partial charge in [0.2, 0.25) is 5.91 Å². The third kappa shape index (κ3) is 2.20. The van der Waals surface area contributed by atoms with Crippen molar-refractivity contribution in [3.63, 3.8) is 0 Å². The molecule has 6 nitrogen and oxygen atoms in total. The van der Waals surface area contributed by atoms with E-state index in [1.54, 1.807) is 0 Å². The number of anilines is 2. The van der Waals surface area contributed by atoms with E-state index in [0.717, 1.165) is 21.4 Å². The lowest BCUT2D eigenvalue weighted by Gasteiger charge is -2.37. The van der Waals surface area contributed by atoms with Crippen LogP contribution in [0, 0.1) is 0 Å². The molecule has 1 aromatic rings. The maximum absolute atomic E-state index is 11.6. The molecule has 2 aliphatic heterocycles. The van der Waals surface area contributed by atoms with Crippen LogP contribution in [0.5, 0.6) is 0 Å². The minimum absolute atomic E-state index is 0.0232. The number of morpholine rings is 1. The Balaban J connectivity index is 1.99. The number of nitrogens with two attached hydrogens (primary N) is 1. The van der Waals surface area contributed by atoms with Gasteiger partial charge in [-0.05, 0) is 28.1 Å². The second-order valence-electron chi connectivity index (χ2n) is 4.96. The highest BCUT2D eigenvalue weighted by Crippen LogP contribution is 2.39. The standard InChI is InChI=1S/C13H16BrN3O3/c14-9-3-8-10(16-13(19)12(8)15)4-11(9)17-1-2-20-6-7(17)5-18/h3-4,7,12,18H,1-2,5-6,15H2,(H,16,19). The summed E-state index contributed by atoms with van der Waals surface area (Å²) in [6.45, 7) is 1.83. The number of ether oxygens (including phenoxy) is 1. The van der Waals surface area contributed by atoms with Crippen molar-refractivity contribution in [2.24, 2.45) is 5.73 Å². The topological polar surface area (TPSA) is 87.8 Å². The van der Waals surface area contributed by atoms with E-state index < -0.39 is 6.04 Å². The fourth-order valence-electron chi connectivity index (χ4n) is 2.64. The Labute approximate surface area is 125 Å². The van der Waals surface area contributed by atoms with Gasteiger partial charge < -0.3 is 25.8 Å². The Morgan fingerprint density at radius 1 is 1.55 bits per heavy atom. The number of rotatable bonds is 2. The van der Waals surface area contributed by atoms with Gasteiger partial charge in [-0.25, -0.2) is 0 Å². The lowest BCUT2D eigenvalue weighted by molar-refractivity contribution is -0.116. The first kappa shape index (κ1) is 13.8. The highest BCUT2D eigenvalue weighted by Gasteiger charge is 2.31. The molecule has 7 heteroatoms. The number of aliphatic hydroxyl groups excluding tert-OH is 1. The highest BCUT2D eigenvalue weighted by molar-refractivity contribution is 9.10. The van der Waals surface area contributed by atoms with E-state index in [2.05, 4.69) is 26.1 Å². The number of fused-ring (bicyclic) bond motifs is 1. The predicted octanol–water partition coefficient (Wildman–Crippen LogP) is 0.598. The zero-order valence-corrected chi connectivity index (χ0v) is 12.4. The summed E-state index contributed by atoms with van der Waals surface area (Å²) in [5.74, 6) is -0.190. The maximum Gasteiger partial charge on any atom is 0.245 e. The van der Waals surface area contributed by atoms with Crippen molar-refractivity contribution < 1.29 is 14.6 Å². The monoisotopic (exact) mass is 341 g/mol. The summed E-state index contributed by atoms with van der Waals surface area (Å²) < 4.78 is 6.25. The van der Waals surface area contributed by atoms with E-state index in [0.29, 0.717) is 19.8 Å². The summed E-state index contributed by atoms with van der Waals surface area (Å²) in [5, 5.41) is 12.2. The van der Waals surface area contributed by atoms with Crippen LogP contribution in [0.25, 0.3) is 0 Å². The van der Waals surface area contributed by atoms with Crippen molar-refractivity contribution in [1.82, 2.24) is 0 Å². The number of carbonyl (C=O) groups is 1. The molecule has 1 aromatic carbocycles. The van der Waals surface area contributed by atoms with Crippen molar-refractivity contribution in [3.05, 3.63) is 22.2 Å². The van der Waals surface area contributed by atoms with Crippen LogP contribution in [0.2, 0.25) is 0 Å². The molecule has 2 unspecified atom stereocenters. The normalized spacial score (nSPS) is 25.6. The fraction of sp³-hybridized carbons (Fsp3) is 0.462. The number of amides is 1. The third-order valence-electron chi connectivity index (χ3n) is 3.74. The molecular weight excluding hydrogens is 326 g/mol. The highest BCUT2D eigenvalue weighted by atomic mass is 79.9. The molecule has 1 amide bonds. The molecule has 0 aromatic heterocycles. The van der Waals surface area contributed by atoms with Crippen molar-refractivity contribution in [3.8, 4) is 0 Å². The first-order valence-electron chi connectivity index (χ1n) is 6.47. The van der Waals surface area contributed by atoms with Crippen LogP contribution in [0.15, 0.2) is 16.6 Å². The number of carbonyl (C=O) groups excluding carboxylic acids is 1. The second kappa shape index (κ2) is 5.33. The molecule has 1 saturated heterocycles. The number of halogens is 1. The summed E-state index contributed by atoms with van der Waals surface area (Å²) in [6.07, 6.45) is 0. The van der Waals surface area contributed by atoms with E-state index in [4.69, 9.17) is 10.5 Å². The Morgan fingerprint density at radius 3 is 3.10 bits per heavy atom. The molecule has 4 N–H and O–H groups in total. The Morgan fingerprint density at radius 2 is 2.35 bits per heavy atom. The van der Waals surface area contributed by atoms with Crippen LogP contribution in [0.3, 0.4) is 0 Å². The van der Waals surface area contributed by atoms with Crippen LogP contribution in [0.1, 0.15) is 11.6 Å². The molecule has 0 saturated carbocycles. The average molecular weight is 342 g/mol. The smallest absolute Gasteiger partial charge is 0.245 e. The van der Waals surface area contributed by atoms with Gasteiger partial charge >= 0.3 is 0 Å². The van der Waals surface area contributed by atoms with Gasteiger partial charge in [0, 0.05) is 22.3 Å². The number of nitrogens with zero attached hydrogens (tertiary/aromatic N) is 1. The molecule has 2 aliphatic rings. The van der Waals surface area contributed by atoms with E-state index in [1.165, 1.54) is 0 Å². The number of aliphatic hydroxyl groups is 1. The molecule has 0 spiro atoms. The minimum Gasteiger partial charge on any atom is -0.394 e. The van der Waals surface area contributed by atoms with Crippen LogP contribution >= 0.6 is 15.9 Å². The molecular formula is C13H16BrN3O3. The zero-order valence-electron chi connectivity index (χ0n) is 10.8. The van der Waals surface area contributed by atoms with Gasteiger partial charge in [-0.3, -0.25) is 4.79 Å². The SMILES string of the molecule is NC1C(=O)Nc2cc(N3CCOCC3CO)c(Br)cc21. The molecule has 1 fully saturated rings. The van der Waals surface area contributed by atoms with E-state index in [1.807, 2.05) is 12.1 Å². The Bertz CT molecular complexity index is 552. The van der Waals surface area contributed by atoms with Gasteiger partial charge in [-0.2, -0.15) is 0 Å². The van der Waals surface area contributed by atoms with Gasteiger partial charge in [0.15, 0.2) is 0 Å². The van der Waals surface area contributed by atoms with Crippen molar-refractivity contribution in [1.29, 1.82) is 0 Å². The molecule has 0 radical (unpaired) electrons. The van der Waals surface area contributed by atoms with Crippen LogP contribution in [-0.2, 0) is 9.53 Å². The summed E-state index contributed by atoms with van der Waals surface area (Å²) in [6, 6.07) is 3.08. The summed E-state index contributed by atoms with van der Waals surface area (Å²) >= 11 is 3.53. The molecule has 2 atom stereocenters. The van der Waals surface area contributed by atoms with Gasteiger partial charge in [-0.1, -0.05) is 0 Å². The fourth-order valence-corrected chi connectivity index (χ4v) is 3.23. The average Bonchev–Trinajstić information content (AvgIpc) is 2.73. The van der Waals surface area contributed by atoms with Crippen LogP contribution in [0.4, 0.5) is 11.4 Å². The molecule has 3 rings (SSSR count). The van der Waals surface area contributed by atoms with Crippen molar-refractivity contribution in [2.75, 3.05) is 36.6 Å².